The van der Waals surface area contributed by atoms with Gasteiger partial charge in [-0.2, -0.15) is 0 Å². The molecule has 4 heteroatoms. The fourth-order valence-corrected chi connectivity index (χ4v) is 3.34. The molecule has 1 saturated heterocycles. The summed E-state index contributed by atoms with van der Waals surface area (Å²) < 4.78 is 0. The lowest BCUT2D eigenvalue weighted by Gasteiger charge is -2.21. The zero-order valence-corrected chi connectivity index (χ0v) is 13.6. The maximum atomic E-state index is 12.1. The van der Waals surface area contributed by atoms with Crippen LogP contribution in [-0.2, 0) is 11.3 Å². The second-order valence-corrected chi connectivity index (χ2v) is 6.18. The Hall–Kier alpha value is -1.81. The van der Waals surface area contributed by atoms with E-state index in [1.54, 1.807) is 0 Å². The van der Waals surface area contributed by atoms with Crippen LogP contribution in [0.4, 0.5) is 0 Å². The van der Waals surface area contributed by atoms with Crippen molar-refractivity contribution in [1.29, 1.82) is 0 Å². The topological polar surface area (TPSA) is 39.3 Å². The smallest absolute Gasteiger partial charge is 0.223 e. The van der Waals surface area contributed by atoms with Crippen molar-refractivity contribution in [2.45, 2.75) is 33.2 Å². The number of fused-ring (bicyclic) bond motifs is 1. The predicted octanol–water partition coefficient (Wildman–Crippen LogP) is 2.92. The zero-order valence-electron chi connectivity index (χ0n) is 13.6. The molecule has 3 rings (SSSR count). The van der Waals surface area contributed by atoms with Crippen LogP contribution in [0.5, 0.6) is 0 Å². The molecule has 2 heterocycles. The number of carbonyl (C=O) groups excluding carboxylic acids is 1. The first kappa shape index (κ1) is 15.1. The molecule has 1 aromatic carbocycles. The summed E-state index contributed by atoms with van der Waals surface area (Å²) in [6, 6.07) is 8.46. The SMILES string of the molecule is CCCN1CCN(Cc2c(C)[nH]c3ccccc23)CCC1=O. The number of aromatic nitrogens is 1. The van der Waals surface area contributed by atoms with Crippen LogP contribution in [-0.4, -0.2) is 46.9 Å². The summed E-state index contributed by atoms with van der Waals surface area (Å²) in [6.45, 7) is 8.76. The van der Waals surface area contributed by atoms with Crippen LogP contribution in [0.3, 0.4) is 0 Å². The van der Waals surface area contributed by atoms with E-state index in [1.165, 1.54) is 22.2 Å². The fraction of sp³-hybridized carbons (Fsp3) is 0.500. The van der Waals surface area contributed by atoms with E-state index >= 15 is 0 Å². The van der Waals surface area contributed by atoms with Gasteiger partial charge in [-0.05, 0) is 25.0 Å². The molecule has 4 nitrogen and oxygen atoms in total. The highest BCUT2D eigenvalue weighted by Gasteiger charge is 2.21. The van der Waals surface area contributed by atoms with Gasteiger partial charge in [0.05, 0.1) is 0 Å². The van der Waals surface area contributed by atoms with Gasteiger partial charge in [-0.1, -0.05) is 25.1 Å². The van der Waals surface area contributed by atoms with Gasteiger partial charge in [0.25, 0.3) is 0 Å². The summed E-state index contributed by atoms with van der Waals surface area (Å²) in [4.78, 5) is 20.0. The van der Waals surface area contributed by atoms with Crippen molar-refractivity contribution < 1.29 is 4.79 Å². The Labute approximate surface area is 132 Å². The molecule has 1 aliphatic heterocycles. The number of amides is 1. The van der Waals surface area contributed by atoms with Crippen LogP contribution < -0.4 is 0 Å². The largest absolute Gasteiger partial charge is 0.358 e. The van der Waals surface area contributed by atoms with Crippen LogP contribution in [0.25, 0.3) is 10.9 Å². The number of nitrogens with one attached hydrogen (secondary N) is 1. The second-order valence-electron chi connectivity index (χ2n) is 6.18. The molecule has 0 spiro atoms. The Bertz CT molecular complexity index is 661. The van der Waals surface area contributed by atoms with Gasteiger partial charge in [0.2, 0.25) is 5.91 Å². The average molecular weight is 299 g/mol. The van der Waals surface area contributed by atoms with E-state index in [4.69, 9.17) is 0 Å². The summed E-state index contributed by atoms with van der Waals surface area (Å²) >= 11 is 0. The van der Waals surface area contributed by atoms with Gasteiger partial charge >= 0.3 is 0 Å². The molecule has 1 amide bonds. The van der Waals surface area contributed by atoms with Crippen molar-refractivity contribution >= 4 is 16.8 Å². The second kappa shape index (κ2) is 6.53. The van der Waals surface area contributed by atoms with E-state index in [1.807, 2.05) is 4.90 Å². The van der Waals surface area contributed by atoms with Crippen molar-refractivity contribution in [2.24, 2.45) is 0 Å². The van der Waals surface area contributed by atoms with Crippen LogP contribution in [0, 0.1) is 6.92 Å². The highest BCUT2D eigenvalue weighted by Crippen LogP contribution is 2.23. The lowest BCUT2D eigenvalue weighted by Crippen LogP contribution is -2.33. The van der Waals surface area contributed by atoms with Gasteiger partial charge in [-0.25, -0.2) is 0 Å². The minimum Gasteiger partial charge on any atom is -0.358 e. The Morgan fingerprint density at radius 1 is 1.18 bits per heavy atom. The Morgan fingerprint density at radius 3 is 2.82 bits per heavy atom. The lowest BCUT2D eigenvalue weighted by molar-refractivity contribution is -0.130. The first-order valence-corrected chi connectivity index (χ1v) is 8.25. The number of hydrogen-bond donors (Lipinski definition) is 1. The van der Waals surface area contributed by atoms with Crippen molar-refractivity contribution in [3.05, 3.63) is 35.5 Å². The van der Waals surface area contributed by atoms with E-state index in [2.05, 4.69) is 48.0 Å². The highest BCUT2D eigenvalue weighted by molar-refractivity contribution is 5.84. The monoisotopic (exact) mass is 299 g/mol. The van der Waals surface area contributed by atoms with Crippen molar-refractivity contribution in [3.8, 4) is 0 Å². The summed E-state index contributed by atoms with van der Waals surface area (Å²) in [5.41, 5.74) is 3.81. The van der Waals surface area contributed by atoms with Crippen LogP contribution >= 0.6 is 0 Å². The first-order chi connectivity index (χ1) is 10.7. The molecule has 0 saturated carbocycles. The summed E-state index contributed by atoms with van der Waals surface area (Å²) in [7, 11) is 0. The normalized spacial score (nSPS) is 17.2. The average Bonchev–Trinajstić information content (AvgIpc) is 2.72. The highest BCUT2D eigenvalue weighted by atomic mass is 16.2. The minimum absolute atomic E-state index is 0.306. The van der Waals surface area contributed by atoms with Gasteiger partial charge < -0.3 is 9.88 Å². The number of benzene rings is 1. The van der Waals surface area contributed by atoms with E-state index in [-0.39, 0.29) is 0 Å². The van der Waals surface area contributed by atoms with Crippen LogP contribution in [0.2, 0.25) is 0 Å². The summed E-state index contributed by atoms with van der Waals surface area (Å²) in [5.74, 6) is 0.306. The van der Waals surface area contributed by atoms with Gasteiger partial charge in [-0.3, -0.25) is 9.69 Å². The molecule has 2 aromatic rings. The molecule has 1 fully saturated rings. The third-order valence-electron chi connectivity index (χ3n) is 4.58. The number of aromatic amines is 1. The quantitative estimate of drug-likeness (QED) is 0.943. The molecule has 0 radical (unpaired) electrons. The molecule has 0 atom stereocenters. The van der Waals surface area contributed by atoms with Gasteiger partial charge in [0.1, 0.15) is 0 Å². The molecule has 0 aliphatic carbocycles. The molecule has 22 heavy (non-hydrogen) atoms. The maximum Gasteiger partial charge on any atom is 0.223 e. The zero-order chi connectivity index (χ0) is 15.5. The standard InChI is InChI=1S/C18H25N3O/c1-3-9-21-12-11-20(10-8-18(21)22)13-16-14(2)19-17-7-5-4-6-15(16)17/h4-7,19H,3,8-13H2,1-2H3. The third-order valence-corrected chi connectivity index (χ3v) is 4.58. The van der Waals surface area contributed by atoms with E-state index in [0.717, 1.165) is 39.1 Å². The molecule has 0 unspecified atom stereocenters. The number of hydrogen-bond acceptors (Lipinski definition) is 2. The minimum atomic E-state index is 0.306. The number of H-pyrrole nitrogens is 1. The summed E-state index contributed by atoms with van der Waals surface area (Å²) in [5, 5.41) is 1.31. The number of aryl methyl sites for hydroxylation is 1. The molecular weight excluding hydrogens is 274 g/mol. The number of carbonyl (C=O) groups is 1. The predicted molar refractivity (Wildman–Crippen MR) is 89.8 cm³/mol. The lowest BCUT2D eigenvalue weighted by atomic mass is 10.1. The maximum absolute atomic E-state index is 12.1. The van der Waals surface area contributed by atoms with E-state index in [0.29, 0.717) is 12.3 Å². The van der Waals surface area contributed by atoms with Gasteiger partial charge in [-0.15, -0.1) is 0 Å². The number of nitrogens with zero attached hydrogens (tertiary/aromatic N) is 2. The van der Waals surface area contributed by atoms with Crippen molar-refractivity contribution in [3.63, 3.8) is 0 Å². The van der Waals surface area contributed by atoms with Gasteiger partial charge in [0.15, 0.2) is 0 Å². The third kappa shape index (κ3) is 3.02. The molecule has 1 aromatic heterocycles. The molecular formula is C18H25N3O. The van der Waals surface area contributed by atoms with Crippen molar-refractivity contribution in [1.82, 2.24) is 14.8 Å². The van der Waals surface area contributed by atoms with E-state index in [9.17, 15) is 4.79 Å². The van der Waals surface area contributed by atoms with Crippen LogP contribution in [0.1, 0.15) is 31.0 Å². The molecule has 1 aliphatic rings. The fourth-order valence-electron chi connectivity index (χ4n) is 3.34. The number of para-hydroxylation sites is 1. The molecule has 0 bridgehead atoms. The molecule has 1 N–H and O–H groups in total. The summed E-state index contributed by atoms with van der Waals surface area (Å²) in [6.07, 6.45) is 1.68. The first-order valence-electron chi connectivity index (χ1n) is 8.25. The Balaban J connectivity index is 1.75. The van der Waals surface area contributed by atoms with Crippen molar-refractivity contribution in [2.75, 3.05) is 26.2 Å². The van der Waals surface area contributed by atoms with Gasteiger partial charge in [0, 0.05) is 55.7 Å². The Morgan fingerprint density at radius 2 is 2.00 bits per heavy atom. The number of rotatable bonds is 4. The molecule has 118 valence electrons. The van der Waals surface area contributed by atoms with E-state index < -0.39 is 0 Å². The Kier molecular flexibility index (Phi) is 4.48. The van der Waals surface area contributed by atoms with Crippen LogP contribution in [0.15, 0.2) is 24.3 Å².